The summed E-state index contributed by atoms with van der Waals surface area (Å²) in [7, 11) is 1.79. The Kier molecular flexibility index (Phi) is 3.28. The van der Waals surface area contributed by atoms with Crippen LogP contribution >= 0.6 is 0 Å². The molecule has 0 spiro atoms. The van der Waals surface area contributed by atoms with Crippen LogP contribution < -0.4 is 5.32 Å². The standard InChI is InChI=1S/C10H15NO2/c1-7-5-8(3-4-9(7)12)10(13)6-11-2/h3-5,10-13H,6H2,1-2H3/t10-/m0/s1. The first kappa shape index (κ1) is 10.0. The number of rotatable bonds is 3. The van der Waals surface area contributed by atoms with Gasteiger partial charge >= 0.3 is 0 Å². The van der Waals surface area contributed by atoms with E-state index in [9.17, 15) is 10.2 Å². The van der Waals surface area contributed by atoms with Gasteiger partial charge in [0.2, 0.25) is 0 Å². The number of aryl methyl sites for hydroxylation is 1. The maximum absolute atomic E-state index is 9.59. The van der Waals surface area contributed by atoms with Crippen molar-refractivity contribution in [3.8, 4) is 5.75 Å². The van der Waals surface area contributed by atoms with Crippen LogP contribution in [0.25, 0.3) is 0 Å². The lowest BCUT2D eigenvalue weighted by atomic mass is 10.1. The van der Waals surface area contributed by atoms with E-state index in [4.69, 9.17) is 0 Å². The maximum atomic E-state index is 9.59. The highest BCUT2D eigenvalue weighted by Crippen LogP contribution is 2.20. The monoisotopic (exact) mass is 181 g/mol. The zero-order valence-electron chi connectivity index (χ0n) is 7.91. The van der Waals surface area contributed by atoms with Crippen molar-refractivity contribution in [1.29, 1.82) is 0 Å². The Morgan fingerprint density at radius 3 is 2.69 bits per heavy atom. The average molecular weight is 181 g/mol. The van der Waals surface area contributed by atoms with E-state index in [1.165, 1.54) is 0 Å². The first-order chi connectivity index (χ1) is 6.15. The predicted octanol–water partition coefficient (Wildman–Crippen LogP) is 0.953. The predicted molar refractivity (Wildman–Crippen MR) is 51.7 cm³/mol. The van der Waals surface area contributed by atoms with E-state index in [2.05, 4.69) is 5.32 Å². The summed E-state index contributed by atoms with van der Waals surface area (Å²) < 4.78 is 0. The number of phenolic OH excluding ortho intramolecular Hbond substituents is 1. The number of hydrogen-bond donors (Lipinski definition) is 3. The molecular weight excluding hydrogens is 166 g/mol. The second kappa shape index (κ2) is 4.25. The molecule has 0 saturated heterocycles. The summed E-state index contributed by atoms with van der Waals surface area (Å²) in [4.78, 5) is 0. The van der Waals surface area contributed by atoms with Gasteiger partial charge < -0.3 is 15.5 Å². The molecule has 13 heavy (non-hydrogen) atoms. The van der Waals surface area contributed by atoms with Gasteiger partial charge in [0.1, 0.15) is 5.75 Å². The van der Waals surface area contributed by atoms with Crippen LogP contribution in [0.15, 0.2) is 18.2 Å². The molecule has 0 saturated carbocycles. The van der Waals surface area contributed by atoms with Crippen LogP contribution in [0.1, 0.15) is 17.2 Å². The minimum atomic E-state index is -0.510. The third-order valence-electron chi connectivity index (χ3n) is 2.00. The number of phenols is 1. The van der Waals surface area contributed by atoms with Crippen molar-refractivity contribution >= 4 is 0 Å². The van der Waals surface area contributed by atoms with E-state index >= 15 is 0 Å². The van der Waals surface area contributed by atoms with Crippen molar-refractivity contribution in [2.75, 3.05) is 13.6 Å². The molecule has 3 heteroatoms. The summed E-state index contributed by atoms with van der Waals surface area (Å²) in [5.41, 5.74) is 1.61. The number of aliphatic hydroxyl groups is 1. The SMILES string of the molecule is CNC[C@H](O)c1ccc(O)c(C)c1. The third kappa shape index (κ3) is 2.44. The van der Waals surface area contributed by atoms with Gasteiger partial charge in [0.15, 0.2) is 0 Å². The van der Waals surface area contributed by atoms with Crippen molar-refractivity contribution in [2.24, 2.45) is 0 Å². The van der Waals surface area contributed by atoms with Crippen LogP contribution in [-0.4, -0.2) is 23.8 Å². The molecule has 1 aromatic carbocycles. The highest BCUT2D eigenvalue weighted by molar-refractivity contribution is 5.35. The Labute approximate surface area is 78.0 Å². The molecule has 0 amide bonds. The fourth-order valence-electron chi connectivity index (χ4n) is 1.20. The zero-order valence-corrected chi connectivity index (χ0v) is 7.91. The molecule has 0 fully saturated rings. The molecule has 1 aromatic rings. The van der Waals surface area contributed by atoms with Crippen LogP contribution in [0, 0.1) is 6.92 Å². The van der Waals surface area contributed by atoms with Gasteiger partial charge in [0.05, 0.1) is 6.10 Å². The second-order valence-corrected chi connectivity index (χ2v) is 3.12. The van der Waals surface area contributed by atoms with Crippen molar-refractivity contribution in [1.82, 2.24) is 5.32 Å². The second-order valence-electron chi connectivity index (χ2n) is 3.12. The normalized spacial score (nSPS) is 12.8. The highest BCUT2D eigenvalue weighted by atomic mass is 16.3. The molecule has 1 rings (SSSR count). The molecule has 0 aliphatic heterocycles. The Morgan fingerprint density at radius 2 is 2.15 bits per heavy atom. The highest BCUT2D eigenvalue weighted by Gasteiger charge is 2.07. The molecule has 0 aliphatic rings. The molecule has 0 radical (unpaired) electrons. The lowest BCUT2D eigenvalue weighted by Gasteiger charge is -2.11. The first-order valence-electron chi connectivity index (χ1n) is 4.27. The summed E-state index contributed by atoms with van der Waals surface area (Å²) in [5.74, 6) is 0.264. The van der Waals surface area contributed by atoms with Gasteiger partial charge in [-0.3, -0.25) is 0 Å². The maximum Gasteiger partial charge on any atom is 0.118 e. The van der Waals surface area contributed by atoms with Crippen LogP contribution in [0.3, 0.4) is 0 Å². The molecule has 1 atom stereocenters. The fraction of sp³-hybridized carbons (Fsp3) is 0.400. The number of likely N-dealkylation sites (N-methyl/N-ethyl adjacent to an activating group) is 1. The average Bonchev–Trinajstić information content (AvgIpc) is 2.10. The Balaban J connectivity index is 2.84. The zero-order chi connectivity index (χ0) is 9.84. The quantitative estimate of drug-likeness (QED) is 0.651. The molecule has 0 bridgehead atoms. The number of aromatic hydroxyl groups is 1. The van der Waals surface area contributed by atoms with E-state index in [1.807, 2.05) is 6.92 Å². The van der Waals surface area contributed by atoms with Crippen molar-refractivity contribution in [2.45, 2.75) is 13.0 Å². The number of nitrogens with one attached hydrogen (secondary N) is 1. The van der Waals surface area contributed by atoms with E-state index in [0.29, 0.717) is 6.54 Å². The van der Waals surface area contributed by atoms with E-state index < -0.39 is 6.10 Å². The van der Waals surface area contributed by atoms with Gasteiger partial charge in [-0.05, 0) is 37.2 Å². The van der Waals surface area contributed by atoms with Crippen molar-refractivity contribution < 1.29 is 10.2 Å². The molecule has 0 aromatic heterocycles. The minimum absolute atomic E-state index is 0.264. The Bertz CT molecular complexity index is 286. The first-order valence-corrected chi connectivity index (χ1v) is 4.27. The van der Waals surface area contributed by atoms with Gasteiger partial charge in [-0.25, -0.2) is 0 Å². The molecule has 72 valence electrons. The number of benzene rings is 1. The molecule has 3 N–H and O–H groups in total. The van der Waals surface area contributed by atoms with E-state index in [0.717, 1.165) is 11.1 Å². The topological polar surface area (TPSA) is 52.5 Å². The molecular formula is C10H15NO2. The van der Waals surface area contributed by atoms with Crippen LogP contribution in [0.4, 0.5) is 0 Å². The van der Waals surface area contributed by atoms with Gasteiger partial charge in [0, 0.05) is 6.54 Å². The number of hydrogen-bond acceptors (Lipinski definition) is 3. The van der Waals surface area contributed by atoms with Crippen molar-refractivity contribution in [3.63, 3.8) is 0 Å². The molecule has 3 nitrogen and oxygen atoms in total. The largest absolute Gasteiger partial charge is 0.508 e. The summed E-state index contributed by atoms with van der Waals surface area (Å²) in [6.07, 6.45) is -0.510. The van der Waals surface area contributed by atoms with Gasteiger partial charge in [-0.2, -0.15) is 0 Å². The Morgan fingerprint density at radius 1 is 1.46 bits per heavy atom. The van der Waals surface area contributed by atoms with E-state index in [-0.39, 0.29) is 5.75 Å². The smallest absolute Gasteiger partial charge is 0.118 e. The van der Waals surface area contributed by atoms with Gasteiger partial charge in [-0.1, -0.05) is 6.07 Å². The Hall–Kier alpha value is -1.06. The van der Waals surface area contributed by atoms with Crippen LogP contribution in [-0.2, 0) is 0 Å². The summed E-state index contributed by atoms with van der Waals surface area (Å²) in [6, 6.07) is 5.12. The summed E-state index contributed by atoms with van der Waals surface area (Å²) >= 11 is 0. The van der Waals surface area contributed by atoms with Crippen molar-refractivity contribution in [3.05, 3.63) is 29.3 Å². The molecule has 0 unspecified atom stereocenters. The number of aliphatic hydroxyl groups excluding tert-OH is 1. The minimum Gasteiger partial charge on any atom is -0.508 e. The summed E-state index contributed by atoms with van der Waals surface area (Å²) in [6.45, 7) is 2.33. The van der Waals surface area contributed by atoms with Gasteiger partial charge in [0.25, 0.3) is 0 Å². The van der Waals surface area contributed by atoms with Crippen LogP contribution in [0.2, 0.25) is 0 Å². The van der Waals surface area contributed by atoms with E-state index in [1.54, 1.807) is 25.2 Å². The molecule has 0 heterocycles. The van der Waals surface area contributed by atoms with Gasteiger partial charge in [-0.15, -0.1) is 0 Å². The molecule has 0 aliphatic carbocycles. The van der Waals surface area contributed by atoms with Crippen LogP contribution in [0.5, 0.6) is 5.75 Å². The lowest BCUT2D eigenvalue weighted by molar-refractivity contribution is 0.177. The summed E-state index contributed by atoms with van der Waals surface area (Å²) in [5, 5.41) is 21.7. The lowest BCUT2D eigenvalue weighted by Crippen LogP contribution is -2.16. The third-order valence-corrected chi connectivity index (χ3v) is 2.00. The fourth-order valence-corrected chi connectivity index (χ4v) is 1.20.